The summed E-state index contributed by atoms with van der Waals surface area (Å²) in [4.78, 5) is 25.0. The first kappa shape index (κ1) is 87.2. The van der Waals surface area contributed by atoms with Crippen molar-refractivity contribution in [2.24, 2.45) is 0 Å². The number of hydrogen-bond donors (Lipinski definition) is 29. The van der Waals surface area contributed by atoms with Crippen LogP contribution in [-0.4, -0.2) is 485 Å². The molecule has 0 radical (unpaired) electrons. The Balaban J connectivity index is 1.06. The van der Waals surface area contributed by atoms with Crippen LogP contribution in [0.3, 0.4) is 0 Å². The number of nitrogens with one attached hydrogen (secondary N) is 2. The van der Waals surface area contributed by atoms with Gasteiger partial charge in [0, 0.05) is 13.8 Å². The number of aliphatic hydroxyl groups is 27. The van der Waals surface area contributed by atoms with E-state index in [0.29, 0.717) is 0 Å². The van der Waals surface area contributed by atoms with Gasteiger partial charge in [-0.2, -0.15) is 0 Å². The molecule has 9 aliphatic rings. The monoisotopic (exact) mass is 1560 g/mol. The van der Waals surface area contributed by atoms with Crippen molar-refractivity contribution in [3.63, 3.8) is 0 Å². The highest BCUT2D eigenvalue weighted by molar-refractivity contribution is 5.73. The molecule has 9 saturated heterocycles. The summed E-state index contributed by atoms with van der Waals surface area (Å²) >= 11 is 0. The maximum absolute atomic E-state index is 12.9. The molecule has 616 valence electrons. The zero-order valence-electron chi connectivity index (χ0n) is 56.2. The fourth-order valence-corrected chi connectivity index (χ4v) is 13.5. The van der Waals surface area contributed by atoms with Gasteiger partial charge in [0.25, 0.3) is 0 Å². The highest BCUT2D eigenvalue weighted by Gasteiger charge is 2.60. The second-order valence-electron chi connectivity index (χ2n) is 26.7. The second-order valence-corrected chi connectivity index (χ2v) is 26.7. The minimum absolute atomic E-state index is 0.785. The molecule has 45 atom stereocenters. The topological polar surface area (TPSA) is 761 Å². The molecule has 9 heterocycles. The van der Waals surface area contributed by atoms with Crippen molar-refractivity contribution < 1.29 is 228 Å². The number of carbonyl (C=O) groups excluding carboxylic acids is 2. The van der Waals surface area contributed by atoms with Gasteiger partial charge in [0.05, 0.1) is 59.5 Å². The maximum Gasteiger partial charge on any atom is 0.217 e. The molecule has 9 aliphatic heterocycles. The quantitative estimate of drug-likeness (QED) is 0.0363. The van der Waals surface area contributed by atoms with Crippen molar-refractivity contribution in [1.29, 1.82) is 0 Å². The normalized spacial score (nSPS) is 51.2. The van der Waals surface area contributed by atoms with Crippen LogP contribution in [0.25, 0.3) is 0 Å². The summed E-state index contributed by atoms with van der Waals surface area (Å²) in [5, 5.41) is 301. The second kappa shape index (κ2) is 37.9. The van der Waals surface area contributed by atoms with E-state index in [4.69, 9.17) is 80.5 Å². The average Bonchev–Trinajstić information content (AvgIpc) is 0.769. The van der Waals surface area contributed by atoms with Gasteiger partial charge in [-0.3, -0.25) is 9.59 Å². The number of carbonyl (C=O) groups is 2. The molecule has 29 N–H and O–H groups in total. The Labute approximate surface area is 598 Å². The zero-order chi connectivity index (χ0) is 77.9. The lowest BCUT2D eigenvalue weighted by Crippen LogP contribution is -2.70. The van der Waals surface area contributed by atoms with Crippen LogP contribution in [0.4, 0.5) is 0 Å². The third kappa shape index (κ3) is 18.7. The summed E-state index contributed by atoms with van der Waals surface area (Å²) in [5.41, 5.74) is 0. The molecular formula is C58H98N2O46. The Hall–Kier alpha value is -2.82. The molecule has 0 aromatic heterocycles. The fourth-order valence-electron chi connectivity index (χ4n) is 13.5. The van der Waals surface area contributed by atoms with Gasteiger partial charge in [-0.1, -0.05) is 0 Å². The number of aliphatic hydroxyl groups excluding tert-OH is 27. The molecule has 0 aliphatic carbocycles. The van der Waals surface area contributed by atoms with Gasteiger partial charge in [0.1, 0.15) is 220 Å². The maximum atomic E-state index is 12.9. The first-order chi connectivity index (χ1) is 50.2. The molecular weight excluding hydrogens is 1460 g/mol. The van der Waals surface area contributed by atoms with Gasteiger partial charge in [-0.05, 0) is 0 Å². The van der Waals surface area contributed by atoms with Crippen LogP contribution in [0.15, 0.2) is 0 Å². The predicted molar refractivity (Wildman–Crippen MR) is 320 cm³/mol. The van der Waals surface area contributed by atoms with E-state index in [1.165, 1.54) is 0 Å². The molecule has 48 nitrogen and oxygen atoms in total. The van der Waals surface area contributed by atoms with Crippen LogP contribution >= 0.6 is 0 Å². The summed E-state index contributed by atoms with van der Waals surface area (Å²) in [6.45, 7) is -7.77. The van der Waals surface area contributed by atoms with Crippen LogP contribution in [0, 0.1) is 0 Å². The first-order valence-corrected chi connectivity index (χ1v) is 33.7. The largest absolute Gasteiger partial charge is 0.394 e. The van der Waals surface area contributed by atoms with E-state index >= 15 is 0 Å². The van der Waals surface area contributed by atoms with E-state index in [0.717, 1.165) is 13.8 Å². The Morgan fingerprint density at radius 1 is 0.245 bits per heavy atom. The Morgan fingerprint density at radius 3 is 0.906 bits per heavy atom. The molecule has 0 saturated carbocycles. The van der Waals surface area contributed by atoms with E-state index in [1.807, 2.05) is 0 Å². The lowest BCUT2D eigenvalue weighted by molar-refractivity contribution is -0.401. The number of hydrogen-bond acceptors (Lipinski definition) is 46. The summed E-state index contributed by atoms with van der Waals surface area (Å²) in [6.07, 6.45) is -90.8. The van der Waals surface area contributed by atoms with Crippen LogP contribution in [0.2, 0.25) is 0 Å². The Morgan fingerprint density at radius 2 is 0.509 bits per heavy atom. The van der Waals surface area contributed by atoms with Gasteiger partial charge in [-0.15, -0.1) is 0 Å². The average molecular weight is 1560 g/mol. The summed E-state index contributed by atoms with van der Waals surface area (Å²) in [7, 11) is 0. The Kier molecular flexibility index (Phi) is 31.1. The predicted octanol–water partition coefficient (Wildman–Crippen LogP) is -20.3. The van der Waals surface area contributed by atoms with Gasteiger partial charge in [0.2, 0.25) is 11.8 Å². The van der Waals surface area contributed by atoms with Gasteiger partial charge in [-0.25, -0.2) is 0 Å². The van der Waals surface area contributed by atoms with Crippen molar-refractivity contribution in [3.8, 4) is 0 Å². The van der Waals surface area contributed by atoms with Crippen LogP contribution < -0.4 is 10.6 Å². The van der Waals surface area contributed by atoms with Crippen molar-refractivity contribution in [2.45, 2.75) is 290 Å². The van der Waals surface area contributed by atoms with Gasteiger partial charge in [0.15, 0.2) is 56.6 Å². The molecule has 0 bridgehead atoms. The molecule has 0 aromatic carbocycles. The highest BCUT2D eigenvalue weighted by atomic mass is 16.8. The summed E-state index contributed by atoms with van der Waals surface area (Å²) in [6, 6.07) is -3.56. The first-order valence-electron chi connectivity index (χ1n) is 33.7. The minimum atomic E-state index is -2.55. The number of amides is 2. The molecule has 9 fully saturated rings. The number of ether oxygens (including phenoxy) is 17. The zero-order valence-corrected chi connectivity index (χ0v) is 56.2. The molecule has 2 amide bonds. The van der Waals surface area contributed by atoms with Crippen LogP contribution in [-0.2, 0) is 90.1 Å². The third-order valence-electron chi connectivity index (χ3n) is 19.5. The fraction of sp³-hybridized carbons (Fsp3) is 0.966. The molecule has 0 aromatic rings. The molecule has 106 heavy (non-hydrogen) atoms. The third-order valence-corrected chi connectivity index (χ3v) is 19.5. The van der Waals surface area contributed by atoms with Gasteiger partial charge < -0.3 is 229 Å². The van der Waals surface area contributed by atoms with Crippen molar-refractivity contribution >= 4 is 11.8 Å². The van der Waals surface area contributed by atoms with E-state index < -0.39 is 348 Å². The molecule has 1 unspecified atom stereocenters. The SMILES string of the molecule is CC(=O)N[C@H]1[C@H](O[C@H]2[C@H](O)[C@@H](NC(C)=O)C(O)O[C@@H]2CO)O[C@H](CO)[C@@H](O[C@@H]2O[C@H](CO[C@H]3O[C@H](CO[C@H]4O[C@H](CO)[C@@H](O)[C@H](O)[C@@H]4O)[C@@H](O)[C@H](O[C@H]4O[C@H](CO)[C@@H](O)[C@H](O)[C@@H]4O[C@H]4O[C@H](CO)[C@@H](O)[C@H](O)[C@@H]4O)[C@@H]3O)[C@@H](O)[C@H](O[C@H]3O[C@H](CO)[C@@H](O)[C@H](O)[C@@H]3O[C@H]3O[C@H](CO)[C@@H](O)[C@H](O)[C@@H]3O)[C@@H]2O)[C@@H]1O. The lowest BCUT2D eigenvalue weighted by Gasteiger charge is -2.51. The van der Waals surface area contributed by atoms with Crippen LogP contribution in [0.5, 0.6) is 0 Å². The van der Waals surface area contributed by atoms with Gasteiger partial charge >= 0.3 is 0 Å². The lowest BCUT2D eigenvalue weighted by atomic mass is 9.94. The molecule has 0 spiro atoms. The Bertz CT molecular complexity index is 2710. The van der Waals surface area contributed by atoms with E-state index in [-0.39, 0.29) is 0 Å². The van der Waals surface area contributed by atoms with E-state index in [9.17, 15) is 147 Å². The summed E-state index contributed by atoms with van der Waals surface area (Å²) < 4.78 is 98.9. The molecule has 48 heteroatoms. The van der Waals surface area contributed by atoms with E-state index in [2.05, 4.69) is 10.6 Å². The van der Waals surface area contributed by atoms with Crippen LogP contribution in [0.1, 0.15) is 13.8 Å². The van der Waals surface area contributed by atoms with Crippen molar-refractivity contribution in [2.75, 3.05) is 59.5 Å². The smallest absolute Gasteiger partial charge is 0.217 e. The van der Waals surface area contributed by atoms with Crippen molar-refractivity contribution in [1.82, 2.24) is 10.6 Å². The standard InChI is InChI=1S/C58H98N2O46/c1-12(68)59-23-32(77)44(19(8-66)92-50(23)89)101-51-24(60-13(2)69)33(78)45(20(9-67)98-51)102-56-43(88)47(104-58-49(38(83)29(74)18(7-65)97-58)106-55-41(86)36(81)27(72)16(5-63)95-55)31(76)22(100-56)11-91-53-42(87)46(30(75)21(99-53)10-90-52-39(84)34(79)25(70)14(3-61)93-52)103-57-48(37(82)28(73)17(6-64)96-57)105-54-40(85)35(80)26(71)15(4-62)94-54/h14-58,61-67,70-89H,3-11H2,1-2H3,(H,59,68)(H,60,69)/t14-,15-,16-,17-,18-,19-,20-,21-,22-,23-,24-,25-,26-,27-,28-,29-,30-,31-,32-,33-,34+,35+,36+,37+,38+,39+,40+,41+,42+,43+,44-,45-,46+,47+,48+,49+,50?,51+,52+,53+,54-,55-,56+,57-,58-/m1/s1. The van der Waals surface area contributed by atoms with Crippen molar-refractivity contribution in [3.05, 3.63) is 0 Å². The molecule has 9 rings (SSSR count). The minimum Gasteiger partial charge on any atom is -0.394 e. The number of rotatable bonds is 27. The highest BCUT2D eigenvalue weighted by Crippen LogP contribution is 2.39. The van der Waals surface area contributed by atoms with E-state index in [1.54, 1.807) is 0 Å². The summed E-state index contributed by atoms with van der Waals surface area (Å²) in [5.74, 6) is -1.72.